The molecule has 2 aromatic carbocycles. The smallest absolute Gasteiger partial charge is 0.181 e. The summed E-state index contributed by atoms with van der Waals surface area (Å²) in [5.41, 5.74) is 2.36. The van der Waals surface area contributed by atoms with Crippen LogP contribution in [0.3, 0.4) is 0 Å². The molecule has 2 rings (SSSR count). The van der Waals surface area contributed by atoms with Gasteiger partial charge in [0.25, 0.3) is 0 Å². The molecule has 0 spiro atoms. The molecule has 2 N–H and O–H groups in total. The Kier molecular flexibility index (Phi) is 4.85. The van der Waals surface area contributed by atoms with Crippen molar-refractivity contribution in [2.75, 3.05) is 18.5 Å². The van der Waals surface area contributed by atoms with Crippen LogP contribution < -0.4 is 5.32 Å². The zero-order valence-electron chi connectivity index (χ0n) is 11.0. The van der Waals surface area contributed by atoms with Crippen LogP contribution in [0.25, 0.3) is 0 Å². The molecular weight excluding hydrogens is 257 g/mol. The highest BCUT2D eigenvalue weighted by Crippen LogP contribution is 2.10. The molecule has 0 radical (unpaired) electrons. The molecule has 0 atom stereocenters. The van der Waals surface area contributed by atoms with Gasteiger partial charge in [-0.1, -0.05) is 12.1 Å². The fourth-order valence-electron chi connectivity index (χ4n) is 1.84. The topological polar surface area (TPSA) is 49.3 Å². The van der Waals surface area contributed by atoms with Crippen molar-refractivity contribution >= 4 is 11.5 Å². The molecule has 0 aromatic heterocycles. The molecule has 0 aliphatic rings. The Morgan fingerprint density at radius 1 is 1.05 bits per heavy atom. The van der Waals surface area contributed by atoms with E-state index in [9.17, 15) is 9.18 Å². The largest absolute Gasteiger partial charge is 0.396 e. The van der Waals surface area contributed by atoms with Crippen molar-refractivity contribution in [3.05, 3.63) is 65.5 Å². The van der Waals surface area contributed by atoms with E-state index >= 15 is 0 Å². The maximum atomic E-state index is 12.8. The first-order chi connectivity index (χ1) is 9.69. The Hall–Kier alpha value is -2.20. The number of hydrogen-bond acceptors (Lipinski definition) is 3. The van der Waals surface area contributed by atoms with Gasteiger partial charge in [-0.3, -0.25) is 4.79 Å². The van der Waals surface area contributed by atoms with Crippen LogP contribution in [0.1, 0.15) is 15.9 Å². The minimum atomic E-state index is -0.353. The highest BCUT2D eigenvalue weighted by Gasteiger charge is 2.05. The molecule has 0 saturated carbocycles. The maximum Gasteiger partial charge on any atom is 0.181 e. The first kappa shape index (κ1) is 14.2. The van der Waals surface area contributed by atoms with Gasteiger partial charge in [0.15, 0.2) is 5.78 Å². The second kappa shape index (κ2) is 6.82. The number of anilines is 1. The van der Waals surface area contributed by atoms with Crippen LogP contribution in [-0.2, 0) is 6.42 Å². The second-order valence-corrected chi connectivity index (χ2v) is 4.45. The molecule has 0 heterocycles. The Balaban J connectivity index is 1.91. The minimum absolute atomic E-state index is 0.0931. The molecule has 0 unspecified atom stereocenters. The van der Waals surface area contributed by atoms with Crippen molar-refractivity contribution in [2.45, 2.75) is 6.42 Å². The molecule has 0 aliphatic carbocycles. The summed E-state index contributed by atoms with van der Waals surface area (Å²) in [6.45, 7) is 0.279. The van der Waals surface area contributed by atoms with Crippen LogP contribution in [-0.4, -0.2) is 24.0 Å². The maximum absolute atomic E-state index is 12.8. The molecule has 0 saturated heterocycles. The first-order valence-electron chi connectivity index (χ1n) is 6.41. The number of rotatable bonds is 6. The lowest BCUT2D eigenvalue weighted by molar-refractivity contribution is 0.101. The third-order valence-corrected chi connectivity index (χ3v) is 2.97. The van der Waals surface area contributed by atoms with Gasteiger partial charge in [0.2, 0.25) is 0 Å². The third-order valence-electron chi connectivity index (χ3n) is 2.97. The average molecular weight is 273 g/mol. The lowest BCUT2D eigenvalue weighted by Crippen LogP contribution is -2.13. The molecular formula is C16H16FNO2. The number of aliphatic hydroxyl groups excluding tert-OH is 1. The number of carbonyl (C=O) groups is 1. The average Bonchev–Trinajstić information content (AvgIpc) is 2.47. The molecule has 20 heavy (non-hydrogen) atoms. The van der Waals surface area contributed by atoms with E-state index in [1.807, 2.05) is 24.3 Å². The van der Waals surface area contributed by atoms with Crippen LogP contribution in [0.15, 0.2) is 48.5 Å². The van der Waals surface area contributed by atoms with Gasteiger partial charge in [-0.25, -0.2) is 4.39 Å². The standard InChI is InChI=1S/C16H16FNO2/c17-14-5-3-13(4-6-14)16(20)11-18-15-7-1-12(2-8-15)9-10-19/h1-8,18-19H,9-11H2. The lowest BCUT2D eigenvalue weighted by atomic mass is 10.1. The van der Waals surface area contributed by atoms with Crippen LogP contribution in [0.5, 0.6) is 0 Å². The zero-order chi connectivity index (χ0) is 14.4. The van der Waals surface area contributed by atoms with Crippen molar-refractivity contribution in [3.8, 4) is 0 Å². The molecule has 0 amide bonds. The summed E-state index contributed by atoms with van der Waals surface area (Å²) in [6, 6.07) is 13.0. The highest BCUT2D eigenvalue weighted by molar-refractivity contribution is 5.98. The van der Waals surface area contributed by atoms with E-state index in [-0.39, 0.29) is 24.8 Å². The Labute approximate surface area is 117 Å². The van der Waals surface area contributed by atoms with E-state index in [1.54, 1.807) is 0 Å². The predicted molar refractivity (Wildman–Crippen MR) is 76.5 cm³/mol. The molecule has 0 bridgehead atoms. The number of benzene rings is 2. The highest BCUT2D eigenvalue weighted by atomic mass is 19.1. The Bertz CT molecular complexity index is 564. The van der Waals surface area contributed by atoms with Crippen LogP contribution in [0.4, 0.5) is 10.1 Å². The summed E-state index contributed by atoms with van der Waals surface area (Å²) in [5.74, 6) is -0.446. The number of halogens is 1. The molecule has 0 fully saturated rings. The van der Waals surface area contributed by atoms with Crippen LogP contribution in [0.2, 0.25) is 0 Å². The van der Waals surface area contributed by atoms with E-state index < -0.39 is 0 Å². The van der Waals surface area contributed by atoms with Crippen molar-refractivity contribution in [1.29, 1.82) is 0 Å². The number of aliphatic hydroxyl groups is 1. The Morgan fingerprint density at radius 3 is 2.30 bits per heavy atom. The number of ketones is 1. The SMILES string of the molecule is O=C(CNc1ccc(CCO)cc1)c1ccc(F)cc1. The van der Waals surface area contributed by atoms with E-state index in [0.29, 0.717) is 12.0 Å². The molecule has 3 nitrogen and oxygen atoms in total. The summed E-state index contributed by atoms with van der Waals surface area (Å²) in [5, 5.41) is 11.8. The number of hydrogen-bond donors (Lipinski definition) is 2. The first-order valence-corrected chi connectivity index (χ1v) is 6.41. The van der Waals surface area contributed by atoms with Crippen molar-refractivity contribution in [2.24, 2.45) is 0 Å². The summed E-state index contributed by atoms with van der Waals surface area (Å²) in [7, 11) is 0. The lowest BCUT2D eigenvalue weighted by Gasteiger charge is -2.07. The van der Waals surface area contributed by atoms with Crippen molar-refractivity contribution in [3.63, 3.8) is 0 Å². The fraction of sp³-hybridized carbons (Fsp3) is 0.188. The van der Waals surface area contributed by atoms with Crippen molar-refractivity contribution in [1.82, 2.24) is 0 Å². The van der Waals surface area contributed by atoms with Gasteiger partial charge in [0.1, 0.15) is 5.82 Å². The zero-order valence-corrected chi connectivity index (χ0v) is 11.0. The molecule has 104 valence electrons. The van der Waals surface area contributed by atoms with Crippen LogP contribution >= 0.6 is 0 Å². The monoisotopic (exact) mass is 273 g/mol. The van der Waals surface area contributed by atoms with Crippen LogP contribution in [0, 0.1) is 5.82 Å². The van der Waals surface area contributed by atoms with Gasteiger partial charge in [-0.2, -0.15) is 0 Å². The predicted octanol–water partition coefficient (Wildman–Crippen LogP) is 2.66. The summed E-state index contributed by atoms with van der Waals surface area (Å²) < 4.78 is 12.8. The second-order valence-electron chi connectivity index (χ2n) is 4.45. The third kappa shape index (κ3) is 3.90. The molecule has 2 aromatic rings. The minimum Gasteiger partial charge on any atom is -0.396 e. The van der Waals surface area contributed by atoms with Gasteiger partial charge >= 0.3 is 0 Å². The van der Waals surface area contributed by atoms with E-state index in [4.69, 9.17) is 5.11 Å². The summed E-state index contributed by atoms with van der Waals surface area (Å²) in [4.78, 5) is 11.9. The Morgan fingerprint density at radius 2 is 1.70 bits per heavy atom. The number of carbonyl (C=O) groups excluding carboxylic acids is 1. The van der Waals surface area contributed by atoms with E-state index in [1.165, 1.54) is 24.3 Å². The van der Waals surface area contributed by atoms with Gasteiger partial charge in [-0.05, 0) is 48.4 Å². The molecule has 4 heteroatoms. The van der Waals surface area contributed by atoms with Gasteiger partial charge < -0.3 is 10.4 Å². The quantitative estimate of drug-likeness (QED) is 0.795. The fourth-order valence-corrected chi connectivity index (χ4v) is 1.84. The normalized spacial score (nSPS) is 10.3. The van der Waals surface area contributed by atoms with Gasteiger partial charge in [-0.15, -0.1) is 0 Å². The van der Waals surface area contributed by atoms with E-state index in [2.05, 4.69) is 5.32 Å². The van der Waals surface area contributed by atoms with E-state index in [0.717, 1.165) is 11.3 Å². The number of nitrogens with one attached hydrogen (secondary N) is 1. The summed E-state index contributed by atoms with van der Waals surface area (Å²) in [6.07, 6.45) is 0.620. The molecule has 0 aliphatic heterocycles. The van der Waals surface area contributed by atoms with Gasteiger partial charge in [0.05, 0.1) is 6.54 Å². The summed E-state index contributed by atoms with van der Waals surface area (Å²) >= 11 is 0. The van der Waals surface area contributed by atoms with Gasteiger partial charge in [0, 0.05) is 17.9 Å². The van der Waals surface area contributed by atoms with Crippen molar-refractivity contribution < 1.29 is 14.3 Å². The number of Topliss-reactive ketones (excluding diaryl/α,β-unsaturated/α-hetero) is 1.